The Morgan fingerprint density at radius 2 is 2.29 bits per heavy atom. The maximum atomic E-state index is 10.4. The van der Waals surface area contributed by atoms with Crippen LogP contribution in [0.2, 0.25) is 0 Å². The molecular weight excluding hydrogens is 220 g/mol. The third-order valence-electron chi connectivity index (χ3n) is 3.38. The van der Waals surface area contributed by atoms with Crippen LogP contribution in [-0.2, 0) is 4.79 Å². The predicted octanol–water partition coefficient (Wildman–Crippen LogP) is 2.46. The smallest absolute Gasteiger partial charge is 0.328 e. The van der Waals surface area contributed by atoms with Crippen molar-refractivity contribution in [3.8, 4) is 0 Å². The van der Waals surface area contributed by atoms with E-state index >= 15 is 0 Å². The number of carboxylic acids is 1. The lowest BCUT2D eigenvalue weighted by Gasteiger charge is -2.23. The zero-order chi connectivity index (χ0) is 12.5. The SMILES string of the molecule is CC1(C)CCCC1c1nnc(/C=C/C(=O)O)o1. The van der Waals surface area contributed by atoms with Crippen LogP contribution < -0.4 is 0 Å². The molecule has 1 aromatic rings. The number of hydrogen-bond acceptors (Lipinski definition) is 4. The van der Waals surface area contributed by atoms with Crippen molar-refractivity contribution in [3.63, 3.8) is 0 Å². The van der Waals surface area contributed by atoms with Gasteiger partial charge in [0.25, 0.3) is 0 Å². The van der Waals surface area contributed by atoms with Crippen LogP contribution in [-0.4, -0.2) is 21.3 Å². The molecule has 1 heterocycles. The second kappa shape index (κ2) is 4.31. The minimum atomic E-state index is -1.02. The zero-order valence-corrected chi connectivity index (χ0v) is 10.0. The number of carboxylic acid groups (broad SMARTS) is 1. The molecule has 92 valence electrons. The molecular formula is C12H16N2O3. The Labute approximate surface area is 99.5 Å². The molecule has 1 N–H and O–H groups in total. The summed E-state index contributed by atoms with van der Waals surface area (Å²) >= 11 is 0. The molecule has 0 amide bonds. The lowest BCUT2D eigenvalue weighted by Crippen LogP contribution is -2.15. The zero-order valence-electron chi connectivity index (χ0n) is 10.0. The molecule has 2 rings (SSSR count). The van der Waals surface area contributed by atoms with Gasteiger partial charge in [-0.2, -0.15) is 0 Å². The summed E-state index contributed by atoms with van der Waals surface area (Å²) in [6.07, 6.45) is 5.69. The van der Waals surface area contributed by atoms with Gasteiger partial charge in [-0.1, -0.05) is 20.3 Å². The molecule has 1 unspecified atom stereocenters. The summed E-state index contributed by atoms with van der Waals surface area (Å²) in [4.78, 5) is 10.4. The van der Waals surface area contributed by atoms with Gasteiger partial charge in [-0.15, -0.1) is 10.2 Å². The lowest BCUT2D eigenvalue weighted by atomic mass is 9.82. The molecule has 0 aromatic carbocycles. The van der Waals surface area contributed by atoms with Crippen LogP contribution in [0.1, 0.15) is 50.8 Å². The number of rotatable bonds is 3. The fourth-order valence-electron chi connectivity index (χ4n) is 2.38. The standard InChI is InChI=1S/C12H16N2O3/c1-12(2)7-3-4-8(12)11-14-13-9(17-11)5-6-10(15)16/h5-6,8H,3-4,7H2,1-2H3,(H,15,16)/b6-5+. The van der Waals surface area contributed by atoms with Crippen LogP contribution in [0.4, 0.5) is 0 Å². The number of carbonyl (C=O) groups is 1. The minimum absolute atomic E-state index is 0.181. The molecule has 0 saturated heterocycles. The molecule has 1 aromatic heterocycles. The largest absolute Gasteiger partial charge is 0.478 e. The molecule has 5 heteroatoms. The molecule has 1 saturated carbocycles. The van der Waals surface area contributed by atoms with Crippen molar-refractivity contribution in [2.75, 3.05) is 0 Å². The third kappa shape index (κ3) is 2.54. The number of aromatic nitrogens is 2. The maximum Gasteiger partial charge on any atom is 0.328 e. The van der Waals surface area contributed by atoms with Crippen LogP contribution >= 0.6 is 0 Å². The first-order chi connectivity index (χ1) is 7.99. The summed E-state index contributed by atoms with van der Waals surface area (Å²) in [5.74, 6) is 0.135. The minimum Gasteiger partial charge on any atom is -0.478 e. The summed E-state index contributed by atoms with van der Waals surface area (Å²) in [6.45, 7) is 4.39. The van der Waals surface area contributed by atoms with Crippen LogP contribution in [0.3, 0.4) is 0 Å². The van der Waals surface area contributed by atoms with Gasteiger partial charge in [0.15, 0.2) is 0 Å². The molecule has 0 bridgehead atoms. The van der Waals surface area contributed by atoms with Crippen molar-refractivity contribution in [2.45, 2.75) is 39.0 Å². The van der Waals surface area contributed by atoms with E-state index in [9.17, 15) is 4.79 Å². The highest BCUT2D eigenvalue weighted by Gasteiger charge is 2.38. The Bertz CT molecular complexity index is 448. The second-order valence-corrected chi connectivity index (χ2v) is 5.08. The number of hydrogen-bond donors (Lipinski definition) is 1. The fourth-order valence-corrected chi connectivity index (χ4v) is 2.38. The number of aliphatic carboxylic acids is 1. The first-order valence-electron chi connectivity index (χ1n) is 5.73. The van der Waals surface area contributed by atoms with Crippen molar-refractivity contribution in [1.29, 1.82) is 0 Å². The molecule has 1 aliphatic rings. The normalized spacial score (nSPS) is 23.3. The molecule has 1 aliphatic carbocycles. The quantitative estimate of drug-likeness (QED) is 0.816. The second-order valence-electron chi connectivity index (χ2n) is 5.08. The van der Waals surface area contributed by atoms with E-state index in [4.69, 9.17) is 9.52 Å². The van der Waals surface area contributed by atoms with Crippen LogP contribution in [0.5, 0.6) is 0 Å². The van der Waals surface area contributed by atoms with Gasteiger partial charge >= 0.3 is 5.97 Å². The monoisotopic (exact) mass is 236 g/mol. The highest BCUT2D eigenvalue weighted by atomic mass is 16.4. The van der Waals surface area contributed by atoms with Crippen molar-refractivity contribution >= 4 is 12.0 Å². The summed E-state index contributed by atoms with van der Waals surface area (Å²) in [6, 6.07) is 0. The van der Waals surface area contributed by atoms with Gasteiger partial charge in [-0.3, -0.25) is 0 Å². The van der Waals surface area contributed by atoms with Gasteiger partial charge < -0.3 is 9.52 Å². The highest BCUT2D eigenvalue weighted by molar-refractivity contribution is 5.84. The van der Waals surface area contributed by atoms with Gasteiger partial charge in [-0.05, 0) is 18.3 Å². The van der Waals surface area contributed by atoms with Gasteiger partial charge in [0.2, 0.25) is 11.8 Å². The van der Waals surface area contributed by atoms with E-state index in [1.807, 2.05) is 0 Å². The number of nitrogens with zero attached hydrogens (tertiary/aromatic N) is 2. The van der Waals surface area contributed by atoms with Crippen molar-refractivity contribution in [1.82, 2.24) is 10.2 Å². The van der Waals surface area contributed by atoms with Gasteiger partial charge in [0.05, 0.1) is 0 Å². The summed E-state index contributed by atoms with van der Waals surface area (Å²) in [7, 11) is 0. The van der Waals surface area contributed by atoms with Gasteiger partial charge in [0, 0.05) is 18.1 Å². The summed E-state index contributed by atoms with van der Waals surface area (Å²) in [5, 5.41) is 16.3. The van der Waals surface area contributed by atoms with Crippen molar-refractivity contribution in [2.24, 2.45) is 5.41 Å². The van der Waals surface area contributed by atoms with Gasteiger partial charge in [0.1, 0.15) is 0 Å². The fraction of sp³-hybridized carbons (Fsp3) is 0.583. The molecule has 17 heavy (non-hydrogen) atoms. The molecule has 5 nitrogen and oxygen atoms in total. The van der Waals surface area contributed by atoms with E-state index in [-0.39, 0.29) is 17.2 Å². The van der Waals surface area contributed by atoms with E-state index in [1.54, 1.807) is 0 Å². The first kappa shape index (κ1) is 11.8. The van der Waals surface area contributed by atoms with Crippen LogP contribution in [0.25, 0.3) is 6.08 Å². The van der Waals surface area contributed by atoms with E-state index < -0.39 is 5.97 Å². The van der Waals surface area contributed by atoms with Crippen LogP contribution in [0.15, 0.2) is 10.5 Å². The lowest BCUT2D eigenvalue weighted by molar-refractivity contribution is -0.131. The average molecular weight is 236 g/mol. The molecule has 0 radical (unpaired) electrons. The maximum absolute atomic E-state index is 10.4. The molecule has 1 fully saturated rings. The first-order valence-corrected chi connectivity index (χ1v) is 5.73. The van der Waals surface area contributed by atoms with E-state index in [1.165, 1.54) is 12.5 Å². The summed E-state index contributed by atoms with van der Waals surface area (Å²) in [5.41, 5.74) is 0.181. The molecule has 0 aliphatic heterocycles. The Morgan fingerprint density at radius 1 is 1.53 bits per heavy atom. The topological polar surface area (TPSA) is 76.2 Å². The molecule has 1 atom stereocenters. The Hall–Kier alpha value is -1.65. The third-order valence-corrected chi connectivity index (χ3v) is 3.38. The van der Waals surface area contributed by atoms with E-state index in [0.717, 1.165) is 18.9 Å². The van der Waals surface area contributed by atoms with Crippen molar-refractivity contribution in [3.05, 3.63) is 17.9 Å². The highest BCUT2D eigenvalue weighted by Crippen LogP contribution is 2.48. The van der Waals surface area contributed by atoms with Crippen molar-refractivity contribution < 1.29 is 14.3 Å². The van der Waals surface area contributed by atoms with Gasteiger partial charge in [-0.25, -0.2) is 4.79 Å². The Balaban J connectivity index is 2.16. The Kier molecular flexibility index (Phi) is 3.00. The predicted molar refractivity (Wildman–Crippen MR) is 61.3 cm³/mol. The average Bonchev–Trinajstić information content (AvgIpc) is 2.80. The van der Waals surface area contributed by atoms with Crippen LogP contribution in [0, 0.1) is 5.41 Å². The molecule has 0 spiro atoms. The Morgan fingerprint density at radius 3 is 2.88 bits per heavy atom. The van der Waals surface area contributed by atoms with E-state index in [2.05, 4.69) is 24.0 Å². The summed E-state index contributed by atoms with van der Waals surface area (Å²) < 4.78 is 5.48. The van der Waals surface area contributed by atoms with E-state index in [0.29, 0.717) is 5.89 Å².